The van der Waals surface area contributed by atoms with E-state index >= 15 is 0 Å². The summed E-state index contributed by atoms with van der Waals surface area (Å²) in [7, 11) is 1.59. The van der Waals surface area contributed by atoms with Crippen LogP contribution in [0.4, 0.5) is 0 Å². The number of hydrogen-bond acceptors (Lipinski definition) is 2. The fourth-order valence-corrected chi connectivity index (χ4v) is 1.96. The van der Waals surface area contributed by atoms with Crippen LogP contribution in [0.1, 0.15) is 42.6 Å². The highest BCUT2D eigenvalue weighted by Gasteiger charge is 2.14. The minimum Gasteiger partial charge on any atom is -0.497 e. The molecule has 0 bridgehead atoms. The standard InChI is InChI=1S/C14H20O3/c1-4-10(5-2)8-11-9-12(17-3)6-7-13(11)14(15)16/h6-7,9-10H,4-5,8H2,1-3H3,(H,15,16). The van der Waals surface area contributed by atoms with Gasteiger partial charge in [0.15, 0.2) is 0 Å². The van der Waals surface area contributed by atoms with Crippen molar-refractivity contribution in [1.82, 2.24) is 0 Å². The van der Waals surface area contributed by atoms with Gasteiger partial charge in [-0.15, -0.1) is 0 Å². The fourth-order valence-electron chi connectivity index (χ4n) is 1.96. The molecule has 0 aliphatic rings. The first kappa shape index (κ1) is 13.6. The lowest BCUT2D eigenvalue weighted by molar-refractivity contribution is 0.0695. The van der Waals surface area contributed by atoms with Crippen LogP contribution in [0.25, 0.3) is 0 Å². The van der Waals surface area contributed by atoms with Gasteiger partial charge in [-0.05, 0) is 36.1 Å². The summed E-state index contributed by atoms with van der Waals surface area (Å²) in [5, 5.41) is 9.15. The number of aromatic carboxylic acids is 1. The predicted octanol–water partition coefficient (Wildman–Crippen LogP) is 3.37. The number of hydrogen-bond donors (Lipinski definition) is 1. The van der Waals surface area contributed by atoms with Crippen LogP contribution in [0.5, 0.6) is 5.75 Å². The van der Waals surface area contributed by atoms with Gasteiger partial charge < -0.3 is 9.84 Å². The van der Waals surface area contributed by atoms with Crippen LogP contribution in [-0.4, -0.2) is 18.2 Å². The summed E-state index contributed by atoms with van der Waals surface area (Å²) in [5.41, 5.74) is 1.25. The topological polar surface area (TPSA) is 46.5 Å². The molecular weight excluding hydrogens is 216 g/mol. The number of carbonyl (C=O) groups is 1. The van der Waals surface area contributed by atoms with E-state index in [9.17, 15) is 4.79 Å². The van der Waals surface area contributed by atoms with Crippen LogP contribution in [0.3, 0.4) is 0 Å². The van der Waals surface area contributed by atoms with Crippen molar-refractivity contribution in [1.29, 1.82) is 0 Å². The Labute approximate surface area is 102 Å². The number of benzene rings is 1. The van der Waals surface area contributed by atoms with Crippen LogP contribution in [0.2, 0.25) is 0 Å². The van der Waals surface area contributed by atoms with Crippen LogP contribution in [0.15, 0.2) is 18.2 Å². The van der Waals surface area contributed by atoms with Crippen molar-refractivity contribution in [3.63, 3.8) is 0 Å². The minimum absolute atomic E-state index is 0.387. The van der Waals surface area contributed by atoms with Crippen molar-refractivity contribution in [3.05, 3.63) is 29.3 Å². The van der Waals surface area contributed by atoms with Gasteiger partial charge in [-0.3, -0.25) is 0 Å². The molecule has 1 N–H and O–H groups in total. The Hall–Kier alpha value is -1.51. The molecule has 0 saturated carbocycles. The van der Waals surface area contributed by atoms with E-state index in [0.717, 1.165) is 30.6 Å². The summed E-state index contributed by atoms with van der Waals surface area (Å²) in [6.07, 6.45) is 2.92. The van der Waals surface area contributed by atoms with Crippen LogP contribution in [-0.2, 0) is 6.42 Å². The van der Waals surface area contributed by atoms with E-state index < -0.39 is 5.97 Å². The van der Waals surface area contributed by atoms with Gasteiger partial charge in [0.1, 0.15) is 5.75 Å². The summed E-state index contributed by atoms with van der Waals surface area (Å²) in [6, 6.07) is 5.15. The second-order valence-corrected chi connectivity index (χ2v) is 4.21. The quantitative estimate of drug-likeness (QED) is 0.823. The number of ether oxygens (including phenoxy) is 1. The predicted molar refractivity (Wildman–Crippen MR) is 67.7 cm³/mol. The Morgan fingerprint density at radius 2 is 2.00 bits per heavy atom. The zero-order valence-electron chi connectivity index (χ0n) is 10.7. The van der Waals surface area contributed by atoms with Crippen molar-refractivity contribution in [2.45, 2.75) is 33.1 Å². The smallest absolute Gasteiger partial charge is 0.335 e. The average Bonchev–Trinajstić information content (AvgIpc) is 2.35. The molecule has 0 unspecified atom stereocenters. The lowest BCUT2D eigenvalue weighted by Crippen LogP contribution is -2.08. The van der Waals surface area contributed by atoms with Crippen molar-refractivity contribution in [2.24, 2.45) is 5.92 Å². The molecule has 0 aliphatic heterocycles. The van der Waals surface area contributed by atoms with Crippen LogP contribution < -0.4 is 4.74 Å². The van der Waals surface area contributed by atoms with E-state index in [-0.39, 0.29) is 0 Å². The van der Waals surface area contributed by atoms with Gasteiger partial charge in [-0.25, -0.2) is 4.79 Å². The Bertz CT molecular complexity index is 381. The molecule has 0 saturated heterocycles. The third-order valence-corrected chi connectivity index (χ3v) is 3.21. The van der Waals surface area contributed by atoms with E-state index in [4.69, 9.17) is 9.84 Å². The molecule has 3 heteroatoms. The first-order valence-corrected chi connectivity index (χ1v) is 6.02. The van der Waals surface area contributed by atoms with Gasteiger partial charge >= 0.3 is 5.97 Å². The average molecular weight is 236 g/mol. The third kappa shape index (κ3) is 3.48. The van der Waals surface area contributed by atoms with Gasteiger partial charge in [0.25, 0.3) is 0 Å². The van der Waals surface area contributed by atoms with Gasteiger partial charge in [-0.2, -0.15) is 0 Å². The second kappa shape index (κ2) is 6.28. The van der Waals surface area contributed by atoms with Crippen molar-refractivity contribution in [3.8, 4) is 5.75 Å². The Kier molecular flexibility index (Phi) is 5.01. The van der Waals surface area contributed by atoms with E-state index in [1.54, 1.807) is 19.2 Å². The highest BCUT2D eigenvalue weighted by Crippen LogP contribution is 2.23. The highest BCUT2D eigenvalue weighted by molar-refractivity contribution is 5.89. The molecule has 0 aromatic heterocycles. The summed E-state index contributed by atoms with van der Waals surface area (Å²) in [4.78, 5) is 11.1. The third-order valence-electron chi connectivity index (χ3n) is 3.21. The molecule has 0 heterocycles. The molecule has 1 aromatic rings. The molecule has 0 spiro atoms. The largest absolute Gasteiger partial charge is 0.497 e. The minimum atomic E-state index is -0.867. The maximum Gasteiger partial charge on any atom is 0.335 e. The number of carboxylic acid groups (broad SMARTS) is 1. The van der Waals surface area contributed by atoms with Crippen LogP contribution in [0, 0.1) is 5.92 Å². The molecule has 17 heavy (non-hydrogen) atoms. The van der Waals surface area contributed by atoms with E-state index in [1.165, 1.54) is 0 Å². The molecule has 0 amide bonds. The lowest BCUT2D eigenvalue weighted by Gasteiger charge is -2.15. The zero-order chi connectivity index (χ0) is 12.8. The van der Waals surface area contributed by atoms with Crippen molar-refractivity contribution < 1.29 is 14.6 Å². The van der Waals surface area contributed by atoms with Gasteiger partial charge in [0.2, 0.25) is 0 Å². The molecule has 0 fully saturated rings. The number of rotatable bonds is 6. The molecule has 1 rings (SSSR count). The first-order valence-electron chi connectivity index (χ1n) is 6.02. The van der Waals surface area contributed by atoms with E-state index in [2.05, 4.69) is 13.8 Å². The molecular formula is C14H20O3. The highest BCUT2D eigenvalue weighted by atomic mass is 16.5. The van der Waals surface area contributed by atoms with E-state index in [0.29, 0.717) is 11.5 Å². The normalized spacial score (nSPS) is 10.6. The zero-order valence-corrected chi connectivity index (χ0v) is 10.7. The Morgan fingerprint density at radius 1 is 1.35 bits per heavy atom. The monoisotopic (exact) mass is 236 g/mol. The van der Waals surface area contributed by atoms with Crippen LogP contribution >= 0.6 is 0 Å². The maximum absolute atomic E-state index is 11.1. The van der Waals surface area contributed by atoms with Crippen molar-refractivity contribution >= 4 is 5.97 Å². The summed E-state index contributed by atoms with van der Waals surface area (Å²) < 4.78 is 5.15. The number of carboxylic acids is 1. The van der Waals surface area contributed by atoms with Gasteiger partial charge in [0.05, 0.1) is 12.7 Å². The molecule has 0 atom stereocenters. The lowest BCUT2D eigenvalue weighted by atomic mass is 9.92. The first-order chi connectivity index (χ1) is 8.12. The maximum atomic E-state index is 11.1. The molecule has 3 nitrogen and oxygen atoms in total. The SMILES string of the molecule is CCC(CC)Cc1cc(OC)ccc1C(=O)O. The van der Waals surface area contributed by atoms with Gasteiger partial charge in [0, 0.05) is 0 Å². The number of methoxy groups -OCH3 is 1. The van der Waals surface area contributed by atoms with E-state index in [1.807, 2.05) is 6.07 Å². The molecule has 1 aromatic carbocycles. The summed E-state index contributed by atoms with van der Waals surface area (Å²) >= 11 is 0. The second-order valence-electron chi connectivity index (χ2n) is 4.21. The molecule has 94 valence electrons. The summed E-state index contributed by atoms with van der Waals surface area (Å²) in [5.74, 6) is 0.379. The summed E-state index contributed by atoms with van der Waals surface area (Å²) in [6.45, 7) is 4.27. The van der Waals surface area contributed by atoms with Gasteiger partial charge in [-0.1, -0.05) is 26.7 Å². The Balaban J connectivity index is 3.04. The fraction of sp³-hybridized carbons (Fsp3) is 0.500. The molecule has 0 aliphatic carbocycles. The Morgan fingerprint density at radius 3 is 2.47 bits per heavy atom. The molecule has 0 radical (unpaired) electrons. The van der Waals surface area contributed by atoms with Crippen molar-refractivity contribution in [2.75, 3.05) is 7.11 Å².